The Balaban J connectivity index is 1.36. The molecule has 1 saturated heterocycles. The first kappa shape index (κ1) is 22.8. The van der Waals surface area contributed by atoms with E-state index in [0.29, 0.717) is 18.2 Å². The van der Waals surface area contributed by atoms with Crippen molar-refractivity contribution >= 4 is 11.7 Å². The van der Waals surface area contributed by atoms with Crippen molar-refractivity contribution in [1.29, 1.82) is 0 Å². The Labute approximate surface area is 196 Å². The molecule has 6 heteroatoms. The second kappa shape index (κ2) is 10.9. The van der Waals surface area contributed by atoms with Crippen molar-refractivity contribution in [3.8, 4) is 11.6 Å². The largest absolute Gasteiger partial charge is 0.436 e. The molecule has 4 rings (SSSR count). The van der Waals surface area contributed by atoms with Crippen LogP contribution in [0.25, 0.3) is 0 Å². The fraction of sp³-hybridized carbons (Fsp3) is 0.370. The summed E-state index contributed by atoms with van der Waals surface area (Å²) >= 11 is 0. The molecule has 1 N–H and O–H groups in total. The first-order chi connectivity index (χ1) is 16.1. The number of ether oxygens (including phenoxy) is 1. The van der Waals surface area contributed by atoms with Crippen molar-refractivity contribution in [3.63, 3.8) is 0 Å². The average molecular weight is 445 g/mol. The van der Waals surface area contributed by atoms with Crippen LogP contribution in [0.3, 0.4) is 0 Å². The molecule has 0 unspecified atom stereocenters. The molecule has 0 saturated carbocycles. The van der Waals surface area contributed by atoms with Gasteiger partial charge in [-0.05, 0) is 57.2 Å². The molecule has 172 valence electrons. The van der Waals surface area contributed by atoms with Gasteiger partial charge < -0.3 is 15.0 Å². The van der Waals surface area contributed by atoms with Gasteiger partial charge in [0.1, 0.15) is 5.75 Å². The molecule has 2 heterocycles. The van der Waals surface area contributed by atoms with Gasteiger partial charge in [-0.1, -0.05) is 48.0 Å². The topological polar surface area (TPSA) is 67.4 Å². The molecule has 3 aromatic rings. The first-order valence-corrected chi connectivity index (χ1v) is 11.7. The number of anilines is 1. The highest BCUT2D eigenvalue weighted by Gasteiger charge is 2.29. The average Bonchev–Trinajstić information content (AvgIpc) is 2.85. The van der Waals surface area contributed by atoms with Crippen LogP contribution >= 0.6 is 0 Å². The van der Waals surface area contributed by atoms with E-state index in [0.717, 1.165) is 38.0 Å². The smallest absolute Gasteiger partial charge is 0.263 e. The highest BCUT2D eigenvalue weighted by Crippen LogP contribution is 2.31. The molecular weight excluding hydrogens is 412 g/mol. The summed E-state index contributed by atoms with van der Waals surface area (Å²) in [5, 5.41) is 3.22. The summed E-state index contributed by atoms with van der Waals surface area (Å²) in [4.78, 5) is 24.1. The van der Waals surface area contributed by atoms with Crippen molar-refractivity contribution < 1.29 is 9.53 Å². The van der Waals surface area contributed by atoms with Crippen LogP contribution in [0.15, 0.2) is 67.0 Å². The van der Waals surface area contributed by atoms with Crippen LogP contribution in [-0.4, -0.2) is 35.0 Å². The fourth-order valence-electron chi connectivity index (χ4n) is 4.17. The van der Waals surface area contributed by atoms with Gasteiger partial charge in [0.2, 0.25) is 5.91 Å². The third-order valence-electron chi connectivity index (χ3n) is 6.07. The predicted octanol–water partition coefficient (Wildman–Crippen LogP) is 4.93. The van der Waals surface area contributed by atoms with Gasteiger partial charge in [-0.2, -0.15) is 0 Å². The SMILES string of the molecule is Cc1ccc(Oc2nccnc2N2CCC[C@H](C(=O)N[C@@H](C)CCc3ccccc3)C2)cc1. The quantitative estimate of drug-likeness (QED) is 0.534. The number of nitrogens with one attached hydrogen (secondary N) is 1. The van der Waals surface area contributed by atoms with Gasteiger partial charge in [0, 0.05) is 31.5 Å². The van der Waals surface area contributed by atoms with Crippen molar-refractivity contribution in [2.24, 2.45) is 5.92 Å². The molecule has 1 aromatic heterocycles. The number of aromatic nitrogens is 2. The molecule has 0 spiro atoms. The van der Waals surface area contributed by atoms with Gasteiger partial charge in [-0.25, -0.2) is 9.97 Å². The lowest BCUT2D eigenvalue weighted by Gasteiger charge is -2.33. The first-order valence-electron chi connectivity index (χ1n) is 11.7. The Morgan fingerprint density at radius 3 is 2.67 bits per heavy atom. The van der Waals surface area contributed by atoms with Crippen LogP contribution < -0.4 is 15.0 Å². The molecular formula is C27H32N4O2. The standard InChI is InChI=1S/C27H32N4O2/c1-20-10-14-24(15-11-20)33-27-25(28-16-17-29-27)31-18-6-9-23(19-31)26(32)30-21(2)12-13-22-7-4-3-5-8-22/h3-5,7-8,10-11,14-17,21,23H,6,9,12-13,18-19H2,1-2H3,(H,30,32)/t21-,23-/m0/s1. The summed E-state index contributed by atoms with van der Waals surface area (Å²) in [6, 6.07) is 18.4. The maximum absolute atomic E-state index is 13.0. The van der Waals surface area contributed by atoms with E-state index in [-0.39, 0.29) is 17.9 Å². The Kier molecular flexibility index (Phi) is 7.55. The van der Waals surface area contributed by atoms with Gasteiger partial charge in [-0.3, -0.25) is 4.79 Å². The van der Waals surface area contributed by atoms with Gasteiger partial charge in [-0.15, -0.1) is 0 Å². The van der Waals surface area contributed by atoms with Crippen molar-refractivity contribution in [1.82, 2.24) is 15.3 Å². The monoisotopic (exact) mass is 444 g/mol. The maximum atomic E-state index is 13.0. The minimum absolute atomic E-state index is 0.0767. The van der Waals surface area contributed by atoms with E-state index in [9.17, 15) is 4.79 Å². The van der Waals surface area contributed by atoms with Crippen molar-refractivity contribution in [3.05, 3.63) is 78.1 Å². The third-order valence-corrected chi connectivity index (χ3v) is 6.07. The van der Waals surface area contributed by atoms with Crippen LogP contribution in [0.5, 0.6) is 11.6 Å². The summed E-state index contributed by atoms with van der Waals surface area (Å²) < 4.78 is 6.04. The third kappa shape index (κ3) is 6.31. The highest BCUT2D eigenvalue weighted by atomic mass is 16.5. The summed E-state index contributed by atoms with van der Waals surface area (Å²) in [6.45, 7) is 5.56. The Morgan fingerprint density at radius 2 is 1.88 bits per heavy atom. The molecule has 2 atom stereocenters. The van der Waals surface area contributed by atoms with E-state index in [1.54, 1.807) is 12.4 Å². The lowest BCUT2D eigenvalue weighted by molar-refractivity contribution is -0.125. The second-order valence-electron chi connectivity index (χ2n) is 8.82. The lowest BCUT2D eigenvalue weighted by atomic mass is 9.96. The second-order valence-corrected chi connectivity index (χ2v) is 8.82. The van der Waals surface area contributed by atoms with E-state index in [4.69, 9.17) is 4.74 Å². The number of carbonyl (C=O) groups is 1. The minimum Gasteiger partial charge on any atom is -0.436 e. The zero-order valence-electron chi connectivity index (χ0n) is 19.4. The number of aryl methyl sites for hydroxylation is 2. The van der Waals surface area contributed by atoms with E-state index in [1.807, 2.05) is 37.3 Å². The van der Waals surface area contributed by atoms with E-state index >= 15 is 0 Å². The number of rotatable bonds is 8. The molecule has 1 aliphatic heterocycles. The molecule has 6 nitrogen and oxygen atoms in total. The zero-order chi connectivity index (χ0) is 23.0. The molecule has 33 heavy (non-hydrogen) atoms. The molecule has 2 aromatic carbocycles. The van der Waals surface area contributed by atoms with Crippen molar-refractivity contribution in [2.75, 3.05) is 18.0 Å². The number of amides is 1. The number of nitrogens with zero attached hydrogens (tertiary/aromatic N) is 3. The summed E-state index contributed by atoms with van der Waals surface area (Å²) in [5.74, 6) is 1.92. The van der Waals surface area contributed by atoms with E-state index in [1.165, 1.54) is 11.1 Å². The Bertz CT molecular complexity index is 1040. The summed E-state index contributed by atoms with van der Waals surface area (Å²) in [6.07, 6.45) is 6.99. The summed E-state index contributed by atoms with van der Waals surface area (Å²) in [5.41, 5.74) is 2.47. The summed E-state index contributed by atoms with van der Waals surface area (Å²) in [7, 11) is 0. The number of piperidine rings is 1. The van der Waals surface area contributed by atoms with Crippen LogP contribution in [0.2, 0.25) is 0 Å². The van der Waals surface area contributed by atoms with Crippen LogP contribution in [0.1, 0.15) is 37.3 Å². The van der Waals surface area contributed by atoms with Gasteiger partial charge in [0.25, 0.3) is 5.88 Å². The molecule has 1 aliphatic rings. The van der Waals surface area contributed by atoms with Gasteiger partial charge in [0.05, 0.1) is 5.92 Å². The predicted molar refractivity (Wildman–Crippen MR) is 131 cm³/mol. The fourth-order valence-corrected chi connectivity index (χ4v) is 4.17. The van der Waals surface area contributed by atoms with Crippen LogP contribution in [0, 0.1) is 12.8 Å². The van der Waals surface area contributed by atoms with E-state index < -0.39 is 0 Å². The Morgan fingerprint density at radius 1 is 1.12 bits per heavy atom. The molecule has 0 aliphatic carbocycles. The van der Waals surface area contributed by atoms with Crippen LogP contribution in [0.4, 0.5) is 5.82 Å². The molecule has 1 fully saturated rings. The van der Waals surface area contributed by atoms with E-state index in [2.05, 4.69) is 51.4 Å². The minimum atomic E-state index is -0.0767. The zero-order valence-corrected chi connectivity index (χ0v) is 19.4. The van der Waals surface area contributed by atoms with Crippen molar-refractivity contribution in [2.45, 2.75) is 45.6 Å². The maximum Gasteiger partial charge on any atom is 0.263 e. The number of benzene rings is 2. The number of carbonyl (C=O) groups excluding carboxylic acids is 1. The molecule has 0 radical (unpaired) electrons. The van der Waals surface area contributed by atoms with Gasteiger partial charge in [0.15, 0.2) is 5.82 Å². The van der Waals surface area contributed by atoms with Crippen LogP contribution in [-0.2, 0) is 11.2 Å². The lowest BCUT2D eigenvalue weighted by Crippen LogP contribution is -2.45. The van der Waals surface area contributed by atoms with Gasteiger partial charge >= 0.3 is 0 Å². The molecule has 1 amide bonds. The number of hydrogen-bond acceptors (Lipinski definition) is 5. The molecule has 0 bridgehead atoms. The highest BCUT2D eigenvalue weighted by molar-refractivity contribution is 5.80. The normalized spacial score (nSPS) is 16.8. The Hall–Kier alpha value is -3.41. The number of hydrogen-bond donors (Lipinski definition) is 1.